The third-order valence-electron chi connectivity index (χ3n) is 3.97. The molecule has 2 rings (SSSR count). The van der Waals surface area contributed by atoms with Gasteiger partial charge in [-0.25, -0.2) is 8.42 Å². The van der Waals surface area contributed by atoms with E-state index < -0.39 is 15.6 Å². The summed E-state index contributed by atoms with van der Waals surface area (Å²) in [6.45, 7) is 1.97. The number of sulfonamides is 1. The molecule has 0 aliphatic heterocycles. The zero-order chi connectivity index (χ0) is 16.2. The first-order valence-corrected chi connectivity index (χ1v) is 8.92. The predicted octanol–water partition coefficient (Wildman–Crippen LogP) is 1.94. The maximum atomic E-state index is 12.3. The van der Waals surface area contributed by atoms with Gasteiger partial charge in [0, 0.05) is 12.5 Å². The number of amides is 1. The molecule has 0 bridgehead atoms. The second-order valence-electron chi connectivity index (χ2n) is 5.73. The van der Waals surface area contributed by atoms with Crippen LogP contribution in [0.2, 0.25) is 0 Å². The Labute approximate surface area is 131 Å². The fourth-order valence-corrected chi connectivity index (χ4v) is 3.99. The number of nitrogens with one attached hydrogen (secondary N) is 2. The molecule has 1 amide bonds. The molecule has 5 nitrogen and oxygen atoms in total. The van der Waals surface area contributed by atoms with Crippen molar-refractivity contribution in [3.8, 4) is 0 Å². The van der Waals surface area contributed by atoms with Crippen LogP contribution in [0, 0.1) is 6.92 Å². The van der Waals surface area contributed by atoms with Crippen LogP contribution in [-0.4, -0.2) is 26.9 Å². The number of hydrogen-bond donors (Lipinski definition) is 2. The van der Waals surface area contributed by atoms with Crippen LogP contribution >= 0.6 is 0 Å². The van der Waals surface area contributed by atoms with E-state index in [9.17, 15) is 13.2 Å². The molecule has 1 saturated carbocycles. The Morgan fingerprint density at radius 3 is 2.32 bits per heavy atom. The summed E-state index contributed by atoms with van der Waals surface area (Å²) in [5.74, 6) is -0.266. The maximum absolute atomic E-state index is 12.3. The molecule has 0 spiro atoms. The van der Waals surface area contributed by atoms with E-state index >= 15 is 0 Å². The van der Waals surface area contributed by atoms with E-state index in [1.165, 1.54) is 13.1 Å². The Morgan fingerprint density at radius 1 is 1.18 bits per heavy atom. The summed E-state index contributed by atoms with van der Waals surface area (Å²) in [5, 5.41) is 3.69. The minimum Gasteiger partial charge on any atom is -0.358 e. The topological polar surface area (TPSA) is 75.3 Å². The van der Waals surface area contributed by atoms with Gasteiger partial charge in [0.1, 0.15) is 5.54 Å². The Morgan fingerprint density at radius 2 is 1.77 bits per heavy atom. The molecule has 1 aromatic rings. The summed E-state index contributed by atoms with van der Waals surface area (Å²) >= 11 is 0. The summed E-state index contributed by atoms with van der Waals surface area (Å²) < 4.78 is 27.1. The highest BCUT2D eigenvalue weighted by Crippen LogP contribution is 2.30. The Balaban J connectivity index is 2.16. The summed E-state index contributed by atoms with van der Waals surface area (Å²) in [6.07, 6.45) is 4.29. The molecular weight excluding hydrogens is 300 g/mol. The normalized spacial score (nSPS) is 17.7. The van der Waals surface area contributed by atoms with E-state index in [1.807, 2.05) is 31.2 Å². The SMILES string of the molecule is CNC(=O)C1(NS(=O)(=O)C=Cc2ccc(C)cc2)CCCC1. The van der Waals surface area contributed by atoms with Crippen molar-refractivity contribution in [1.29, 1.82) is 0 Å². The fourth-order valence-electron chi connectivity index (χ4n) is 2.75. The van der Waals surface area contributed by atoms with Crippen molar-refractivity contribution in [2.24, 2.45) is 0 Å². The molecule has 0 aromatic heterocycles. The van der Waals surface area contributed by atoms with Crippen LogP contribution in [0.25, 0.3) is 6.08 Å². The van der Waals surface area contributed by atoms with Crippen LogP contribution in [-0.2, 0) is 14.8 Å². The average molecular weight is 322 g/mol. The molecule has 120 valence electrons. The molecule has 2 N–H and O–H groups in total. The minimum absolute atomic E-state index is 0.266. The summed E-state index contributed by atoms with van der Waals surface area (Å²) in [5.41, 5.74) is 0.907. The van der Waals surface area contributed by atoms with Gasteiger partial charge in [0.2, 0.25) is 15.9 Å². The number of carbonyl (C=O) groups excluding carboxylic acids is 1. The third-order valence-corrected chi connectivity index (χ3v) is 5.14. The van der Waals surface area contributed by atoms with Gasteiger partial charge < -0.3 is 5.32 Å². The lowest BCUT2D eigenvalue weighted by Gasteiger charge is -2.27. The summed E-state index contributed by atoms with van der Waals surface area (Å²) in [6, 6.07) is 7.54. The minimum atomic E-state index is -3.68. The maximum Gasteiger partial charge on any atom is 0.241 e. The first-order valence-electron chi connectivity index (χ1n) is 7.38. The molecule has 1 aliphatic carbocycles. The van der Waals surface area contributed by atoms with Gasteiger partial charge in [0.25, 0.3) is 0 Å². The monoisotopic (exact) mass is 322 g/mol. The largest absolute Gasteiger partial charge is 0.358 e. The highest BCUT2D eigenvalue weighted by atomic mass is 32.2. The van der Waals surface area contributed by atoms with Crippen molar-refractivity contribution in [3.63, 3.8) is 0 Å². The zero-order valence-electron chi connectivity index (χ0n) is 12.9. The molecular formula is C16H22N2O3S. The lowest BCUT2D eigenvalue weighted by atomic mass is 9.98. The Kier molecular flexibility index (Phi) is 5.03. The average Bonchev–Trinajstić information content (AvgIpc) is 2.95. The highest BCUT2D eigenvalue weighted by molar-refractivity contribution is 7.92. The van der Waals surface area contributed by atoms with Crippen molar-refractivity contribution in [2.45, 2.75) is 38.1 Å². The van der Waals surface area contributed by atoms with Gasteiger partial charge in [0.15, 0.2) is 0 Å². The van der Waals surface area contributed by atoms with E-state index in [0.29, 0.717) is 12.8 Å². The second kappa shape index (κ2) is 6.62. The summed E-state index contributed by atoms with van der Waals surface area (Å²) in [7, 11) is -2.15. The number of rotatable bonds is 5. The molecule has 1 aliphatic rings. The fraction of sp³-hybridized carbons (Fsp3) is 0.438. The molecule has 22 heavy (non-hydrogen) atoms. The first-order chi connectivity index (χ1) is 10.4. The van der Waals surface area contributed by atoms with Crippen LogP contribution in [0.4, 0.5) is 0 Å². The van der Waals surface area contributed by atoms with Crippen molar-refractivity contribution in [3.05, 3.63) is 40.8 Å². The van der Waals surface area contributed by atoms with Gasteiger partial charge in [-0.15, -0.1) is 0 Å². The van der Waals surface area contributed by atoms with Crippen LogP contribution in [0.1, 0.15) is 36.8 Å². The first kappa shape index (κ1) is 16.7. The number of carbonyl (C=O) groups is 1. The van der Waals surface area contributed by atoms with Gasteiger partial charge in [-0.2, -0.15) is 4.72 Å². The molecule has 0 heterocycles. The van der Waals surface area contributed by atoms with E-state index in [2.05, 4.69) is 10.0 Å². The van der Waals surface area contributed by atoms with Gasteiger partial charge >= 0.3 is 0 Å². The van der Waals surface area contributed by atoms with E-state index in [4.69, 9.17) is 0 Å². The molecule has 1 fully saturated rings. The van der Waals surface area contributed by atoms with Crippen molar-refractivity contribution in [2.75, 3.05) is 7.05 Å². The van der Waals surface area contributed by atoms with Crippen molar-refractivity contribution < 1.29 is 13.2 Å². The van der Waals surface area contributed by atoms with Crippen LogP contribution in [0.15, 0.2) is 29.7 Å². The molecule has 1 aromatic carbocycles. The molecule has 0 unspecified atom stereocenters. The van der Waals surface area contributed by atoms with Gasteiger partial charge in [0.05, 0.1) is 0 Å². The number of aryl methyl sites for hydroxylation is 1. The second-order valence-corrected chi connectivity index (χ2v) is 7.30. The predicted molar refractivity (Wildman–Crippen MR) is 87.5 cm³/mol. The standard InChI is InChI=1S/C16H22N2O3S/c1-13-5-7-14(8-6-13)9-12-22(20,21)18-16(15(19)17-2)10-3-4-11-16/h5-9,12,18H,3-4,10-11H2,1-2H3,(H,17,19). The smallest absolute Gasteiger partial charge is 0.241 e. The van der Waals surface area contributed by atoms with E-state index in [0.717, 1.165) is 29.4 Å². The van der Waals surface area contributed by atoms with Crippen molar-refractivity contribution >= 4 is 22.0 Å². The van der Waals surface area contributed by atoms with E-state index in [-0.39, 0.29) is 5.91 Å². The molecule has 0 atom stereocenters. The number of likely N-dealkylation sites (N-methyl/N-ethyl adjacent to an activating group) is 1. The van der Waals surface area contributed by atoms with E-state index in [1.54, 1.807) is 0 Å². The van der Waals surface area contributed by atoms with Crippen LogP contribution in [0.5, 0.6) is 0 Å². The number of benzene rings is 1. The van der Waals surface area contributed by atoms with Gasteiger partial charge in [-0.3, -0.25) is 4.79 Å². The van der Waals surface area contributed by atoms with Crippen LogP contribution in [0.3, 0.4) is 0 Å². The molecule has 0 radical (unpaired) electrons. The zero-order valence-corrected chi connectivity index (χ0v) is 13.7. The number of hydrogen-bond acceptors (Lipinski definition) is 3. The third kappa shape index (κ3) is 3.96. The quantitative estimate of drug-likeness (QED) is 0.870. The lowest BCUT2D eigenvalue weighted by molar-refractivity contribution is -0.126. The van der Waals surface area contributed by atoms with Crippen LogP contribution < -0.4 is 10.0 Å². The van der Waals surface area contributed by atoms with Crippen molar-refractivity contribution in [1.82, 2.24) is 10.0 Å². The molecule has 0 saturated heterocycles. The van der Waals surface area contributed by atoms with Gasteiger partial charge in [-0.1, -0.05) is 42.7 Å². The van der Waals surface area contributed by atoms with Gasteiger partial charge in [-0.05, 0) is 31.4 Å². The Hall–Kier alpha value is -1.66. The summed E-state index contributed by atoms with van der Waals surface area (Å²) in [4.78, 5) is 12.1. The Bertz CT molecular complexity index is 657. The molecule has 6 heteroatoms. The highest BCUT2D eigenvalue weighted by Gasteiger charge is 2.43. The lowest BCUT2D eigenvalue weighted by Crippen LogP contribution is -2.55.